The molecule has 0 saturated carbocycles. The molecule has 1 N–H and O–H groups in total. The van der Waals surface area contributed by atoms with Crippen LogP contribution in [-0.2, 0) is 0 Å². The number of amides is 1. The zero-order chi connectivity index (χ0) is 19.8. The van der Waals surface area contributed by atoms with Crippen LogP contribution >= 0.6 is 22.7 Å². The lowest BCUT2D eigenvalue weighted by Gasteiger charge is -2.13. The average molecular weight is 414 g/mol. The molecule has 29 heavy (non-hydrogen) atoms. The fourth-order valence-corrected chi connectivity index (χ4v) is 5.20. The fourth-order valence-electron chi connectivity index (χ4n) is 3.49. The summed E-state index contributed by atoms with van der Waals surface area (Å²) in [5.41, 5.74) is 1.30. The van der Waals surface area contributed by atoms with Crippen molar-refractivity contribution in [2.75, 3.05) is 5.32 Å². The largest absolute Gasteiger partial charge is 0.312 e. The van der Waals surface area contributed by atoms with Crippen LogP contribution in [-0.4, -0.2) is 5.91 Å². The first kappa shape index (κ1) is 17.8. The number of thiophene rings is 1. The molecule has 0 spiro atoms. The van der Waals surface area contributed by atoms with Gasteiger partial charge in [-0.2, -0.15) is 0 Å². The second kappa shape index (κ2) is 7.28. The number of nitrogens with one attached hydrogen (secondary N) is 1. The predicted octanol–water partition coefficient (Wildman–Crippen LogP) is 6.40. The summed E-state index contributed by atoms with van der Waals surface area (Å²) in [6.07, 6.45) is 0. The van der Waals surface area contributed by atoms with Gasteiger partial charge in [0.1, 0.15) is 5.00 Å². The van der Waals surface area contributed by atoms with E-state index in [9.17, 15) is 9.59 Å². The molecule has 0 unspecified atom stereocenters. The van der Waals surface area contributed by atoms with Crippen molar-refractivity contribution >= 4 is 54.4 Å². The van der Waals surface area contributed by atoms with Crippen LogP contribution in [0.4, 0.5) is 5.00 Å². The van der Waals surface area contributed by atoms with Gasteiger partial charge in [-0.25, -0.2) is 0 Å². The number of benzene rings is 3. The predicted molar refractivity (Wildman–Crippen MR) is 123 cm³/mol. The van der Waals surface area contributed by atoms with Crippen LogP contribution in [0.15, 0.2) is 89.0 Å². The molecule has 0 aliphatic rings. The van der Waals surface area contributed by atoms with E-state index in [-0.39, 0.29) is 11.3 Å². The van der Waals surface area contributed by atoms with Gasteiger partial charge in [-0.15, -0.1) is 22.7 Å². The maximum Gasteiger partial charge on any atom is 0.266 e. The van der Waals surface area contributed by atoms with Crippen molar-refractivity contribution in [1.29, 1.82) is 0 Å². The van der Waals surface area contributed by atoms with E-state index in [0.717, 1.165) is 21.0 Å². The molecule has 0 aliphatic carbocycles. The van der Waals surface area contributed by atoms with Crippen molar-refractivity contribution in [1.82, 2.24) is 0 Å². The SMILES string of the molecule is O=C(Nc1sc2ccccc2c(=O)c1-c1cccc2ccccc12)c1cccs1. The van der Waals surface area contributed by atoms with Gasteiger partial charge in [0.05, 0.1) is 10.4 Å². The van der Waals surface area contributed by atoms with Gasteiger partial charge in [-0.3, -0.25) is 9.59 Å². The van der Waals surface area contributed by atoms with E-state index in [2.05, 4.69) is 5.32 Å². The molecule has 0 bridgehead atoms. The summed E-state index contributed by atoms with van der Waals surface area (Å²) in [6.45, 7) is 0. The van der Waals surface area contributed by atoms with Gasteiger partial charge in [0.2, 0.25) is 0 Å². The molecule has 5 rings (SSSR count). The Balaban J connectivity index is 1.80. The van der Waals surface area contributed by atoms with Crippen molar-refractivity contribution in [2.45, 2.75) is 0 Å². The Morgan fingerprint density at radius 2 is 1.55 bits per heavy atom. The summed E-state index contributed by atoms with van der Waals surface area (Å²) < 4.78 is 0.850. The molecule has 0 fully saturated rings. The van der Waals surface area contributed by atoms with Crippen LogP contribution < -0.4 is 10.7 Å². The van der Waals surface area contributed by atoms with Crippen LogP contribution in [0, 0.1) is 0 Å². The summed E-state index contributed by atoms with van der Waals surface area (Å²) in [5.74, 6) is -0.201. The summed E-state index contributed by atoms with van der Waals surface area (Å²) in [4.78, 5) is 26.9. The molecule has 0 aliphatic heterocycles. The number of carbonyl (C=O) groups is 1. The number of hydrogen-bond acceptors (Lipinski definition) is 4. The summed E-state index contributed by atoms with van der Waals surface area (Å²) >= 11 is 2.81. The van der Waals surface area contributed by atoms with Gasteiger partial charge in [-0.1, -0.05) is 60.7 Å². The third kappa shape index (κ3) is 3.14. The molecule has 5 heteroatoms. The van der Waals surface area contributed by atoms with E-state index < -0.39 is 0 Å². The Hall–Kier alpha value is -3.28. The molecule has 0 radical (unpaired) electrons. The van der Waals surface area contributed by atoms with Crippen LogP contribution in [0.2, 0.25) is 0 Å². The minimum absolute atomic E-state index is 0.0721. The molecular formula is C24H15NO2S2. The standard InChI is InChI=1S/C24H15NO2S2/c26-22-18-10-3-4-12-19(18)29-24(25-23(27)20-13-6-14-28-20)21(22)17-11-5-8-15-7-1-2-9-16(15)17/h1-14H,(H,25,27). The van der Waals surface area contributed by atoms with E-state index in [1.165, 1.54) is 22.7 Å². The summed E-state index contributed by atoms with van der Waals surface area (Å²) in [6, 6.07) is 25.0. The molecule has 140 valence electrons. The maximum atomic E-state index is 13.5. The van der Waals surface area contributed by atoms with Gasteiger partial charge < -0.3 is 5.32 Å². The lowest BCUT2D eigenvalue weighted by atomic mass is 9.98. The van der Waals surface area contributed by atoms with Crippen LogP contribution in [0.5, 0.6) is 0 Å². The molecule has 3 aromatic carbocycles. The monoisotopic (exact) mass is 413 g/mol. The Morgan fingerprint density at radius 3 is 2.38 bits per heavy atom. The van der Waals surface area contributed by atoms with E-state index in [1.54, 1.807) is 6.07 Å². The highest BCUT2D eigenvalue weighted by Crippen LogP contribution is 2.37. The van der Waals surface area contributed by atoms with Gasteiger partial charge in [0, 0.05) is 10.1 Å². The highest BCUT2D eigenvalue weighted by Gasteiger charge is 2.19. The first-order valence-corrected chi connectivity index (χ1v) is 10.8. The minimum Gasteiger partial charge on any atom is -0.312 e. The third-order valence-electron chi connectivity index (χ3n) is 4.83. The third-order valence-corrected chi connectivity index (χ3v) is 6.78. The Bertz CT molecular complexity index is 1410. The minimum atomic E-state index is -0.201. The van der Waals surface area contributed by atoms with E-state index in [1.807, 2.05) is 78.2 Å². The van der Waals surface area contributed by atoms with Crippen molar-refractivity contribution in [3.05, 3.63) is 99.3 Å². The highest BCUT2D eigenvalue weighted by atomic mass is 32.1. The van der Waals surface area contributed by atoms with Crippen LogP contribution in [0.3, 0.4) is 0 Å². The topological polar surface area (TPSA) is 46.2 Å². The van der Waals surface area contributed by atoms with Gasteiger partial charge >= 0.3 is 0 Å². The zero-order valence-electron chi connectivity index (χ0n) is 15.2. The molecule has 1 amide bonds. The summed E-state index contributed by atoms with van der Waals surface area (Å²) in [5, 5.41) is 8.14. The van der Waals surface area contributed by atoms with Crippen molar-refractivity contribution in [3.8, 4) is 11.1 Å². The Morgan fingerprint density at radius 1 is 0.793 bits per heavy atom. The second-order valence-corrected chi connectivity index (χ2v) is 8.59. The van der Waals surface area contributed by atoms with Gasteiger partial charge in [0.15, 0.2) is 5.43 Å². The van der Waals surface area contributed by atoms with Gasteiger partial charge in [0.25, 0.3) is 5.91 Å². The zero-order valence-corrected chi connectivity index (χ0v) is 16.8. The molecular weight excluding hydrogens is 398 g/mol. The lowest BCUT2D eigenvalue weighted by Crippen LogP contribution is -2.14. The number of hydrogen-bond donors (Lipinski definition) is 1. The smallest absolute Gasteiger partial charge is 0.266 e. The molecule has 5 aromatic rings. The van der Waals surface area contributed by atoms with Crippen molar-refractivity contribution in [3.63, 3.8) is 0 Å². The summed E-state index contributed by atoms with van der Waals surface area (Å²) in [7, 11) is 0. The Labute approximate surface area is 174 Å². The molecule has 3 nitrogen and oxygen atoms in total. The van der Waals surface area contributed by atoms with Crippen LogP contribution in [0.1, 0.15) is 9.67 Å². The van der Waals surface area contributed by atoms with E-state index >= 15 is 0 Å². The maximum absolute atomic E-state index is 13.5. The van der Waals surface area contributed by atoms with E-state index in [4.69, 9.17) is 0 Å². The average Bonchev–Trinajstić information content (AvgIpc) is 3.29. The van der Waals surface area contributed by atoms with E-state index in [0.29, 0.717) is 20.8 Å². The van der Waals surface area contributed by atoms with Crippen LogP contribution in [0.25, 0.3) is 32.0 Å². The number of rotatable bonds is 3. The lowest BCUT2D eigenvalue weighted by molar-refractivity contribution is 0.103. The number of carbonyl (C=O) groups excluding carboxylic acids is 1. The Kier molecular flexibility index (Phi) is 4.46. The van der Waals surface area contributed by atoms with Crippen molar-refractivity contribution in [2.24, 2.45) is 0 Å². The quantitative estimate of drug-likeness (QED) is 0.372. The number of anilines is 1. The van der Waals surface area contributed by atoms with Crippen molar-refractivity contribution < 1.29 is 4.79 Å². The fraction of sp³-hybridized carbons (Fsp3) is 0. The molecule has 2 aromatic heterocycles. The first-order valence-electron chi connectivity index (χ1n) is 9.11. The molecule has 0 atom stereocenters. The second-order valence-electron chi connectivity index (χ2n) is 6.59. The highest BCUT2D eigenvalue weighted by molar-refractivity contribution is 7.22. The molecule has 0 saturated heterocycles. The first-order chi connectivity index (χ1) is 14.2. The number of fused-ring (bicyclic) bond motifs is 2. The normalized spacial score (nSPS) is 11.0. The molecule has 2 heterocycles. The van der Waals surface area contributed by atoms with Gasteiger partial charge in [-0.05, 0) is 39.9 Å².